The second-order valence-corrected chi connectivity index (χ2v) is 7.81. The number of anilines is 1. The van der Waals surface area contributed by atoms with Gasteiger partial charge >= 0.3 is 0 Å². The highest BCUT2D eigenvalue weighted by molar-refractivity contribution is 6.13. The lowest BCUT2D eigenvalue weighted by Gasteiger charge is -2.35. The third kappa shape index (κ3) is 3.18. The van der Waals surface area contributed by atoms with Gasteiger partial charge in [-0.2, -0.15) is 0 Å². The monoisotopic (exact) mass is 402 g/mol. The Morgan fingerprint density at radius 2 is 1.87 bits per heavy atom. The Balaban J connectivity index is 1.59. The summed E-state index contributed by atoms with van der Waals surface area (Å²) in [5.41, 5.74) is 3.78. The predicted molar refractivity (Wildman–Crippen MR) is 113 cm³/mol. The number of fused-ring (bicyclic) bond motifs is 1. The molecule has 0 bridgehead atoms. The summed E-state index contributed by atoms with van der Waals surface area (Å²) in [4.78, 5) is 31.1. The fourth-order valence-electron chi connectivity index (χ4n) is 4.55. The molecule has 2 heterocycles. The van der Waals surface area contributed by atoms with Gasteiger partial charge in [0.15, 0.2) is 17.3 Å². The maximum Gasteiger partial charge on any atom is 0.234 e. The van der Waals surface area contributed by atoms with Gasteiger partial charge in [0.25, 0.3) is 0 Å². The molecule has 152 valence electrons. The summed E-state index contributed by atoms with van der Waals surface area (Å²) in [5, 5.41) is 2.99. The number of allylic oxidation sites excluding steroid dienone is 2. The van der Waals surface area contributed by atoms with Crippen LogP contribution in [0.15, 0.2) is 64.8 Å². The summed E-state index contributed by atoms with van der Waals surface area (Å²) < 4.78 is 11.0. The third-order valence-corrected chi connectivity index (χ3v) is 5.91. The number of carbonyl (C=O) groups excluding carboxylic acids is 2. The number of carbonyl (C=O) groups is 2. The highest BCUT2D eigenvalue weighted by atomic mass is 16.7. The number of nitrogens with one attached hydrogen (secondary N) is 1. The van der Waals surface area contributed by atoms with Gasteiger partial charge < -0.3 is 14.8 Å². The second-order valence-electron chi connectivity index (χ2n) is 7.81. The van der Waals surface area contributed by atoms with Crippen molar-refractivity contribution in [2.45, 2.75) is 32.1 Å². The van der Waals surface area contributed by atoms with Gasteiger partial charge in [0, 0.05) is 35.0 Å². The van der Waals surface area contributed by atoms with E-state index in [1.807, 2.05) is 55.5 Å². The number of rotatable bonds is 3. The molecule has 6 nitrogen and oxygen atoms in total. The van der Waals surface area contributed by atoms with Crippen molar-refractivity contribution in [1.29, 1.82) is 0 Å². The van der Waals surface area contributed by atoms with E-state index in [9.17, 15) is 9.59 Å². The molecular formula is C24H22N2O4. The number of ketones is 1. The first-order valence-electron chi connectivity index (χ1n) is 10.2. The molecule has 2 aliphatic heterocycles. The molecular weight excluding hydrogens is 380 g/mol. The first kappa shape index (κ1) is 18.6. The summed E-state index contributed by atoms with van der Waals surface area (Å²) in [5.74, 6) is 0.243. The minimum absolute atomic E-state index is 0.0766. The molecule has 1 aliphatic carbocycles. The summed E-state index contributed by atoms with van der Waals surface area (Å²) in [6.07, 6.45) is 2.04. The van der Waals surface area contributed by atoms with Crippen molar-refractivity contribution in [2.24, 2.45) is 10.9 Å². The lowest BCUT2D eigenvalue weighted by molar-refractivity contribution is -0.119. The lowest BCUT2D eigenvalue weighted by atomic mass is 9.71. The van der Waals surface area contributed by atoms with Crippen LogP contribution in [0.4, 0.5) is 5.69 Å². The van der Waals surface area contributed by atoms with Gasteiger partial charge in [0.2, 0.25) is 12.7 Å². The van der Waals surface area contributed by atoms with Gasteiger partial charge in [-0.3, -0.25) is 14.6 Å². The van der Waals surface area contributed by atoms with Crippen molar-refractivity contribution in [3.63, 3.8) is 0 Å². The van der Waals surface area contributed by atoms with Crippen molar-refractivity contribution < 1.29 is 19.1 Å². The van der Waals surface area contributed by atoms with Crippen LogP contribution in [-0.4, -0.2) is 24.2 Å². The van der Waals surface area contributed by atoms with E-state index in [1.165, 1.54) is 0 Å². The average Bonchev–Trinajstić information content (AvgIpc) is 3.21. The molecule has 0 radical (unpaired) electrons. The van der Waals surface area contributed by atoms with Crippen LogP contribution in [0.25, 0.3) is 0 Å². The number of hydrogen-bond donors (Lipinski definition) is 1. The van der Waals surface area contributed by atoms with Crippen LogP contribution in [0.2, 0.25) is 0 Å². The molecule has 0 saturated heterocycles. The maximum atomic E-state index is 13.4. The normalized spacial score (nSPS) is 22.4. The number of benzene rings is 2. The summed E-state index contributed by atoms with van der Waals surface area (Å²) >= 11 is 0. The molecule has 2 atom stereocenters. The minimum atomic E-state index is -0.577. The van der Waals surface area contributed by atoms with Crippen LogP contribution in [0.1, 0.15) is 37.7 Å². The van der Waals surface area contributed by atoms with Gasteiger partial charge in [-0.1, -0.05) is 24.3 Å². The summed E-state index contributed by atoms with van der Waals surface area (Å²) in [7, 11) is 0. The van der Waals surface area contributed by atoms with Crippen molar-refractivity contribution in [3.8, 4) is 11.5 Å². The van der Waals surface area contributed by atoms with Gasteiger partial charge in [0.1, 0.15) is 0 Å². The van der Waals surface area contributed by atoms with Gasteiger partial charge in [-0.25, -0.2) is 0 Å². The number of ether oxygens (including phenoxy) is 2. The van der Waals surface area contributed by atoms with Crippen LogP contribution in [0, 0.1) is 5.92 Å². The Hall–Kier alpha value is -3.41. The van der Waals surface area contributed by atoms with E-state index < -0.39 is 11.8 Å². The Bertz CT molecular complexity index is 1090. The van der Waals surface area contributed by atoms with Crippen LogP contribution in [0.5, 0.6) is 11.5 Å². The molecule has 0 spiro atoms. The molecule has 0 aromatic heterocycles. The lowest BCUT2D eigenvalue weighted by Crippen LogP contribution is -2.39. The SMILES string of the molecule is CC1=NC2=C(C(=O)CCC2)[C@H](c2ccc3c(c2)OCO3)C1C(=O)Nc1ccccc1. The van der Waals surface area contributed by atoms with Gasteiger partial charge in [-0.05, 0) is 49.6 Å². The third-order valence-electron chi connectivity index (χ3n) is 5.91. The number of aliphatic imine (C=N–C) groups is 1. The van der Waals surface area contributed by atoms with Crippen LogP contribution in [0.3, 0.4) is 0 Å². The molecule has 1 amide bonds. The predicted octanol–water partition coefficient (Wildman–Crippen LogP) is 4.24. The molecule has 3 aliphatic rings. The second kappa shape index (κ2) is 7.44. The molecule has 30 heavy (non-hydrogen) atoms. The fraction of sp³-hybridized carbons (Fsp3) is 0.292. The van der Waals surface area contributed by atoms with Crippen molar-refractivity contribution in [2.75, 3.05) is 12.1 Å². The standard InChI is InChI=1S/C24H22N2O4/c1-14-21(24(28)26-16-6-3-2-4-7-16)22(23-17(25-14)8-5-9-18(23)27)15-10-11-19-20(12-15)30-13-29-19/h2-4,6-7,10-12,21-22H,5,8-9,13H2,1H3,(H,26,28)/t21?,22-/m1/s1. The fourth-order valence-corrected chi connectivity index (χ4v) is 4.55. The molecule has 6 heteroatoms. The molecule has 0 fully saturated rings. The van der Waals surface area contributed by atoms with Gasteiger partial charge in [-0.15, -0.1) is 0 Å². The zero-order valence-corrected chi connectivity index (χ0v) is 16.7. The smallest absolute Gasteiger partial charge is 0.234 e. The highest BCUT2D eigenvalue weighted by Crippen LogP contribution is 2.45. The average molecular weight is 402 g/mol. The molecule has 1 unspecified atom stereocenters. The van der Waals surface area contributed by atoms with E-state index in [1.54, 1.807) is 0 Å². The van der Waals surface area contributed by atoms with E-state index in [-0.39, 0.29) is 18.5 Å². The first-order valence-corrected chi connectivity index (χ1v) is 10.2. The minimum Gasteiger partial charge on any atom is -0.454 e. The highest BCUT2D eigenvalue weighted by Gasteiger charge is 2.42. The topological polar surface area (TPSA) is 77.0 Å². The Morgan fingerprint density at radius 1 is 1.07 bits per heavy atom. The largest absolute Gasteiger partial charge is 0.454 e. The number of amides is 1. The van der Waals surface area contributed by atoms with Gasteiger partial charge in [0.05, 0.1) is 5.92 Å². The molecule has 1 N–H and O–H groups in total. The zero-order valence-electron chi connectivity index (χ0n) is 16.7. The molecule has 5 rings (SSSR count). The van der Waals surface area contributed by atoms with Crippen LogP contribution < -0.4 is 14.8 Å². The van der Waals surface area contributed by atoms with Crippen LogP contribution >= 0.6 is 0 Å². The quantitative estimate of drug-likeness (QED) is 0.833. The first-order chi connectivity index (χ1) is 14.6. The van der Waals surface area contributed by atoms with Crippen molar-refractivity contribution in [3.05, 3.63) is 65.4 Å². The Morgan fingerprint density at radius 3 is 2.70 bits per heavy atom. The van der Waals surface area contributed by atoms with Crippen molar-refractivity contribution >= 4 is 23.1 Å². The number of nitrogens with zero attached hydrogens (tertiary/aromatic N) is 1. The van der Waals surface area contributed by atoms with Crippen molar-refractivity contribution in [1.82, 2.24) is 0 Å². The molecule has 2 aromatic rings. The van der Waals surface area contributed by atoms with E-state index in [0.717, 1.165) is 35.5 Å². The number of para-hydroxylation sites is 1. The zero-order chi connectivity index (χ0) is 20.7. The molecule has 0 saturated carbocycles. The van der Waals surface area contributed by atoms with E-state index in [2.05, 4.69) is 5.32 Å². The molecule has 2 aromatic carbocycles. The summed E-state index contributed by atoms with van der Waals surface area (Å²) in [6.45, 7) is 2.05. The maximum absolute atomic E-state index is 13.4. The number of hydrogen-bond acceptors (Lipinski definition) is 5. The summed E-state index contributed by atoms with van der Waals surface area (Å²) in [6, 6.07) is 15.0. The van der Waals surface area contributed by atoms with E-state index in [4.69, 9.17) is 14.5 Å². The Kier molecular flexibility index (Phi) is 4.62. The van der Waals surface area contributed by atoms with E-state index in [0.29, 0.717) is 23.5 Å². The van der Waals surface area contributed by atoms with E-state index >= 15 is 0 Å². The Labute approximate surface area is 174 Å². The number of Topliss-reactive ketones (excluding diaryl/α,β-unsaturated/α-hetero) is 1. The van der Waals surface area contributed by atoms with Crippen LogP contribution in [-0.2, 0) is 9.59 Å².